The number of imidazole rings is 1. The second kappa shape index (κ2) is 5.87. The quantitative estimate of drug-likeness (QED) is 0.889. The third-order valence-electron chi connectivity index (χ3n) is 4.51. The molecule has 3 heteroatoms. The molecule has 102 valence electrons. The second-order valence-corrected chi connectivity index (χ2v) is 6.23. The molecule has 1 fully saturated rings. The van der Waals surface area contributed by atoms with Crippen molar-refractivity contribution in [1.82, 2.24) is 9.55 Å². The van der Waals surface area contributed by atoms with Crippen LogP contribution in [-0.2, 0) is 0 Å². The molecule has 1 aromatic rings. The molecule has 0 spiro atoms. The van der Waals surface area contributed by atoms with E-state index in [1.807, 2.05) is 12.5 Å². The molecule has 0 bridgehead atoms. The van der Waals surface area contributed by atoms with Crippen LogP contribution in [0.1, 0.15) is 64.1 Å². The van der Waals surface area contributed by atoms with Crippen LogP contribution in [0.15, 0.2) is 12.5 Å². The highest BCUT2D eigenvalue weighted by Gasteiger charge is 2.24. The van der Waals surface area contributed by atoms with Crippen LogP contribution in [-0.4, -0.2) is 16.1 Å². The van der Waals surface area contributed by atoms with Crippen molar-refractivity contribution in [2.24, 2.45) is 17.6 Å². The van der Waals surface area contributed by atoms with E-state index in [4.69, 9.17) is 5.73 Å². The maximum Gasteiger partial charge on any atom is 0.0950 e. The van der Waals surface area contributed by atoms with Gasteiger partial charge >= 0.3 is 0 Å². The van der Waals surface area contributed by atoms with Crippen LogP contribution >= 0.6 is 0 Å². The fraction of sp³-hybridized carbons (Fsp3) is 0.800. The van der Waals surface area contributed by atoms with Crippen molar-refractivity contribution in [3.8, 4) is 0 Å². The van der Waals surface area contributed by atoms with E-state index in [1.54, 1.807) is 0 Å². The fourth-order valence-corrected chi connectivity index (χ4v) is 3.16. The Balaban J connectivity index is 2.16. The molecule has 2 N–H and O–H groups in total. The largest absolute Gasteiger partial charge is 0.331 e. The van der Waals surface area contributed by atoms with Gasteiger partial charge in [-0.25, -0.2) is 4.98 Å². The lowest BCUT2D eigenvalue weighted by atomic mass is 9.86. The lowest BCUT2D eigenvalue weighted by Crippen LogP contribution is -2.24. The Morgan fingerprint density at radius 1 is 1.33 bits per heavy atom. The smallest absolute Gasteiger partial charge is 0.0950 e. The van der Waals surface area contributed by atoms with E-state index in [-0.39, 0.29) is 0 Å². The molecule has 0 amide bonds. The number of hydrogen-bond acceptors (Lipinski definition) is 2. The van der Waals surface area contributed by atoms with Crippen LogP contribution in [0.3, 0.4) is 0 Å². The summed E-state index contributed by atoms with van der Waals surface area (Å²) in [4.78, 5) is 4.38. The highest BCUT2D eigenvalue weighted by atomic mass is 15.1. The molecule has 18 heavy (non-hydrogen) atoms. The van der Waals surface area contributed by atoms with E-state index >= 15 is 0 Å². The summed E-state index contributed by atoms with van der Waals surface area (Å²) >= 11 is 0. The van der Waals surface area contributed by atoms with Crippen LogP contribution in [0.2, 0.25) is 0 Å². The van der Waals surface area contributed by atoms with Crippen LogP contribution in [0.5, 0.6) is 0 Å². The standard InChI is InChI=1S/C15H27N3/c1-11(2)14(8-16)15-9-17-10-18(15)13-6-4-12(3)5-7-13/h9-14H,4-8,16H2,1-3H3. The molecular formula is C15H27N3. The molecule has 0 aliphatic heterocycles. The lowest BCUT2D eigenvalue weighted by Gasteiger charge is -2.30. The van der Waals surface area contributed by atoms with Gasteiger partial charge in [0.1, 0.15) is 0 Å². The number of nitrogens with two attached hydrogens (primary N) is 1. The summed E-state index contributed by atoms with van der Waals surface area (Å²) in [5.41, 5.74) is 7.28. The molecule has 3 nitrogen and oxygen atoms in total. The summed E-state index contributed by atoms with van der Waals surface area (Å²) < 4.78 is 2.41. The number of aromatic nitrogens is 2. The van der Waals surface area contributed by atoms with Gasteiger partial charge in [-0.3, -0.25) is 0 Å². The Bertz CT molecular complexity index is 362. The minimum absolute atomic E-state index is 0.437. The monoisotopic (exact) mass is 249 g/mol. The van der Waals surface area contributed by atoms with Crippen LogP contribution in [0.25, 0.3) is 0 Å². The second-order valence-electron chi connectivity index (χ2n) is 6.23. The van der Waals surface area contributed by atoms with Crippen molar-refractivity contribution >= 4 is 0 Å². The third kappa shape index (κ3) is 2.77. The first kappa shape index (κ1) is 13.6. The topological polar surface area (TPSA) is 43.8 Å². The van der Waals surface area contributed by atoms with Crippen molar-refractivity contribution in [2.45, 2.75) is 58.4 Å². The van der Waals surface area contributed by atoms with Gasteiger partial charge in [0.2, 0.25) is 0 Å². The molecule has 1 heterocycles. The third-order valence-corrected chi connectivity index (χ3v) is 4.51. The van der Waals surface area contributed by atoms with Crippen molar-refractivity contribution < 1.29 is 0 Å². The van der Waals surface area contributed by atoms with Gasteiger partial charge in [0.05, 0.1) is 6.33 Å². The zero-order valence-electron chi connectivity index (χ0n) is 12.0. The molecule has 1 atom stereocenters. The zero-order valence-corrected chi connectivity index (χ0v) is 12.0. The average Bonchev–Trinajstić information content (AvgIpc) is 2.79. The van der Waals surface area contributed by atoms with Gasteiger partial charge in [-0.05, 0) is 37.5 Å². The summed E-state index contributed by atoms with van der Waals surface area (Å²) in [5, 5.41) is 0. The maximum atomic E-state index is 5.94. The van der Waals surface area contributed by atoms with Gasteiger partial charge in [-0.2, -0.15) is 0 Å². The van der Waals surface area contributed by atoms with Gasteiger partial charge in [0.25, 0.3) is 0 Å². The van der Waals surface area contributed by atoms with Crippen molar-refractivity contribution in [2.75, 3.05) is 6.54 Å². The maximum absolute atomic E-state index is 5.94. The number of hydrogen-bond donors (Lipinski definition) is 1. The predicted octanol–water partition coefficient (Wildman–Crippen LogP) is 3.33. The highest BCUT2D eigenvalue weighted by Crippen LogP contribution is 2.34. The average molecular weight is 249 g/mol. The Morgan fingerprint density at radius 3 is 2.56 bits per heavy atom. The highest BCUT2D eigenvalue weighted by molar-refractivity contribution is 5.10. The van der Waals surface area contributed by atoms with Gasteiger partial charge in [0.15, 0.2) is 0 Å². The van der Waals surface area contributed by atoms with Gasteiger partial charge in [0, 0.05) is 30.4 Å². The molecular weight excluding hydrogens is 222 g/mol. The molecule has 0 aromatic carbocycles. The van der Waals surface area contributed by atoms with Crippen molar-refractivity contribution in [1.29, 1.82) is 0 Å². The molecule has 1 aliphatic carbocycles. The number of rotatable bonds is 4. The van der Waals surface area contributed by atoms with Crippen LogP contribution in [0, 0.1) is 11.8 Å². The lowest BCUT2D eigenvalue weighted by molar-refractivity contribution is 0.280. The number of nitrogens with zero attached hydrogens (tertiary/aromatic N) is 2. The van der Waals surface area contributed by atoms with Gasteiger partial charge in [-0.1, -0.05) is 20.8 Å². The first-order valence-electron chi connectivity index (χ1n) is 7.35. The Hall–Kier alpha value is -0.830. The normalized spacial score (nSPS) is 26.5. The zero-order chi connectivity index (χ0) is 13.1. The minimum atomic E-state index is 0.437. The Morgan fingerprint density at radius 2 is 2.00 bits per heavy atom. The van der Waals surface area contributed by atoms with Gasteiger partial charge < -0.3 is 10.3 Å². The van der Waals surface area contributed by atoms with Crippen LogP contribution in [0.4, 0.5) is 0 Å². The van der Waals surface area contributed by atoms with E-state index < -0.39 is 0 Å². The SMILES string of the molecule is CC1CCC(n2cncc2C(CN)C(C)C)CC1. The molecule has 1 saturated carbocycles. The van der Waals surface area contributed by atoms with Crippen molar-refractivity contribution in [3.63, 3.8) is 0 Å². The van der Waals surface area contributed by atoms with Crippen molar-refractivity contribution in [3.05, 3.63) is 18.2 Å². The summed E-state index contributed by atoms with van der Waals surface area (Å²) in [6.45, 7) is 7.57. The Kier molecular flexibility index (Phi) is 4.44. The van der Waals surface area contributed by atoms with E-state index in [0.717, 1.165) is 5.92 Å². The summed E-state index contributed by atoms with van der Waals surface area (Å²) in [6.07, 6.45) is 9.31. The molecule has 1 unspecified atom stereocenters. The van der Waals surface area contributed by atoms with E-state index in [2.05, 4.69) is 30.3 Å². The first-order chi connectivity index (χ1) is 8.63. The molecule has 2 rings (SSSR count). The Labute approximate surface area is 111 Å². The summed E-state index contributed by atoms with van der Waals surface area (Å²) in [5.74, 6) is 1.91. The van der Waals surface area contributed by atoms with E-state index in [9.17, 15) is 0 Å². The molecule has 1 aromatic heterocycles. The van der Waals surface area contributed by atoms with E-state index in [0.29, 0.717) is 24.4 Å². The van der Waals surface area contributed by atoms with E-state index in [1.165, 1.54) is 31.4 Å². The predicted molar refractivity (Wildman–Crippen MR) is 75.5 cm³/mol. The first-order valence-corrected chi connectivity index (χ1v) is 7.35. The molecule has 0 saturated heterocycles. The van der Waals surface area contributed by atoms with Crippen LogP contribution < -0.4 is 5.73 Å². The molecule has 0 radical (unpaired) electrons. The summed E-state index contributed by atoms with van der Waals surface area (Å²) in [6, 6.07) is 0.645. The minimum Gasteiger partial charge on any atom is -0.331 e. The summed E-state index contributed by atoms with van der Waals surface area (Å²) in [7, 11) is 0. The fourth-order valence-electron chi connectivity index (χ4n) is 3.16. The van der Waals surface area contributed by atoms with Gasteiger partial charge in [-0.15, -0.1) is 0 Å². The molecule has 1 aliphatic rings.